The van der Waals surface area contributed by atoms with E-state index < -0.39 is 11.5 Å². The summed E-state index contributed by atoms with van der Waals surface area (Å²) >= 11 is 0. The van der Waals surface area contributed by atoms with Crippen molar-refractivity contribution in [1.29, 1.82) is 0 Å². The van der Waals surface area contributed by atoms with Gasteiger partial charge < -0.3 is 5.32 Å². The summed E-state index contributed by atoms with van der Waals surface area (Å²) in [4.78, 5) is 34.2. The number of rotatable bonds is 3. The molecule has 0 aliphatic heterocycles. The van der Waals surface area contributed by atoms with Gasteiger partial charge in [-0.3, -0.25) is 19.7 Å². The number of hydrogen-bond donors (Lipinski definition) is 2. The van der Waals surface area contributed by atoms with Gasteiger partial charge in [0, 0.05) is 17.5 Å². The van der Waals surface area contributed by atoms with E-state index >= 15 is 0 Å². The maximum absolute atomic E-state index is 13.0. The average Bonchev–Trinajstić information content (AvgIpc) is 2.99. The van der Waals surface area contributed by atoms with Gasteiger partial charge in [0.1, 0.15) is 5.56 Å². The largest absolute Gasteiger partial charge is 0.320 e. The van der Waals surface area contributed by atoms with Gasteiger partial charge in [0.15, 0.2) is 5.65 Å². The van der Waals surface area contributed by atoms with E-state index in [9.17, 15) is 9.59 Å². The number of anilines is 1. The van der Waals surface area contributed by atoms with Crippen LogP contribution in [0.1, 0.15) is 21.7 Å². The molecule has 1 amide bonds. The Morgan fingerprint density at radius 3 is 2.59 bits per heavy atom. The Morgan fingerprint density at radius 1 is 1.11 bits per heavy atom. The van der Waals surface area contributed by atoms with Gasteiger partial charge >= 0.3 is 0 Å². The molecule has 0 fully saturated rings. The Morgan fingerprint density at radius 2 is 1.89 bits per heavy atom. The summed E-state index contributed by atoms with van der Waals surface area (Å²) in [5, 5.41) is 5.72. The second-order valence-electron chi connectivity index (χ2n) is 6.21. The van der Waals surface area contributed by atoms with Crippen LogP contribution in [-0.4, -0.2) is 25.5 Å². The predicted molar refractivity (Wildman–Crippen MR) is 103 cm³/mol. The number of amides is 1. The monoisotopic (exact) mass is 359 g/mol. The van der Waals surface area contributed by atoms with Crippen LogP contribution in [0.15, 0.2) is 59.7 Å². The molecule has 3 aromatic heterocycles. The molecule has 1 aromatic carbocycles. The SMILES string of the molecule is Cc1nc2c(-c3ccccc3)c(C)[nH]n2c(=O)c1C(=O)Nc1cccnc1. The molecule has 7 nitrogen and oxygen atoms in total. The highest BCUT2D eigenvalue weighted by Crippen LogP contribution is 2.26. The molecule has 2 N–H and O–H groups in total. The topological polar surface area (TPSA) is 92.2 Å². The van der Waals surface area contributed by atoms with Crippen LogP contribution in [-0.2, 0) is 0 Å². The molecule has 4 aromatic rings. The molecule has 0 bridgehead atoms. The fourth-order valence-electron chi connectivity index (χ4n) is 3.13. The van der Waals surface area contributed by atoms with E-state index in [2.05, 4.69) is 20.4 Å². The van der Waals surface area contributed by atoms with E-state index in [1.807, 2.05) is 37.3 Å². The first-order valence-corrected chi connectivity index (χ1v) is 8.45. The van der Waals surface area contributed by atoms with Gasteiger partial charge in [-0.25, -0.2) is 9.50 Å². The highest BCUT2D eigenvalue weighted by Gasteiger charge is 2.21. The number of H-pyrrole nitrogens is 1. The fourth-order valence-corrected chi connectivity index (χ4v) is 3.13. The lowest BCUT2D eigenvalue weighted by molar-refractivity contribution is 0.102. The first-order valence-electron chi connectivity index (χ1n) is 8.45. The van der Waals surface area contributed by atoms with E-state index in [1.54, 1.807) is 25.3 Å². The number of aryl methyl sites for hydroxylation is 2. The summed E-state index contributed by atoms with van der Waals surface area (Å²) in [5.41, 5.74) is 3.54. The van der Waals surface area contributed by atoms with Crippen LogP contribution in [0.4, 0.5) is 5.69 Å². The molecular weight excluding hydrogens is 342 g/mol. The van der Waals surface area contributed by atoms with Gasteiger partial charge in [0.05, 0.1) is 17.6 Å². The average molecular weight is 359 g/mol. The third-order valence-corrected chi connectivity index (χ3v) is 4.35. The zero-order valence-electron chi connectivity index (χ0n) is 14.9. The zero-order valence-corrected chi connectivity index (χ0v) is 14.9. The number of hydrogen-bond acceptors (Lipinski definition) is 4. The Balaban J connectivity index is 1.85. The lowest BCUT2D eigenvalue weighted by atomic mass is 10.1. The quantitative estimate of drug-likeness (QED) is 0.588. The van der Waals surface area contributed by atoms with Crippen molar-refractivity contribution in [3.05, 3.63) is 82.2 Å². The van der Waals surface area contributed by atoms with Gasteiger partial charge in [-0.05, 0) is 31.5 Å². The summed E-state index contributed by atoms with van der Waals surface area (Å²) < 4.78 is 1.32. The van der Waals surface area contributed by atoms with Crippen molar-refractivity contribution in [2.45, 2.75) is 13.8 Å². The number of nitrogens with zero attached hydrogens (tertiary/aromatic N) is 3. The van der Waals surface area contributed by atoms with Gasteiger partial charge in [-0.15, -0.1) is 0 Å². The molecule has 0 aliphatic carbocycles. The van der Waals surface area contributed by atoms with Crippen LogP contribution < -0.4 is 10.9 Å². The molecule has 0 saturated carbocycles. The Bertz CT molecular complexity index is 1190. The smallest absolute Gasteiger partial charge is 0.285 e. The van der Waals surface area contributed by atoms with E-state index in [-0.39, 0.29) is 5.56 Å². The molecule has 3 heterocycles. The molecule has 27 heavy (non-hydrogen) atoms. The number of carbonyl (C=O) groups excluding carboxylic acids is 1. The second-order valence-corrected chi connectivity index (χ2v) is 6.21. The van der Waals surface area contributed by atoms with E-state index in [0.29, 0.717) is 17.0 Å². The van der Waals surface area contributed by atoms with Gasteiger partial charge in [0.2, 0.25) is 0 Å². The minimum absolute atomic E-state index is 0.00258. The number of fused-ring (bicyclic) bond motifs is 1. The third-order valence-electron chi connectivity index (χ3n) is 4.35. The Kier molecular flexibility index (Phi) is 4.04. The van der Waals surface area contributed by atoms with Gasteiger partial charge in [-0.2, -0.15) is 0 Å². The third kappa shape index (κ3) is 2.89. The number of benzene rings is 1. The van der Waals surface area contributed by atoms with Crippen molar-refractivity contribution in [1.82, 2.24) is 19.6 Å². The van der Waals surface area contributed by atoms with Crippen molar-refractivity contribution in [2.24, 2.45) is 0 Å². The first-order chi connectivity index (χ1) is 13.1. The number of aromatic nitrogens is 4. The van der Waals surface area contributed by atoms with E-state index in [4.69, 9.17) is 0 Å². The second kappa shape index (κ2) is 6.53. The molecule has 0 saturated heterocycles. The van der Waals surface area contributed by atoms with Crippen LogP contribution in [0.5, 0.6) is 0 Å². The highest BCUT2D eigenvalue weighted by atomic mass is 16.2. The molecule has 0 radical (unpaired) electrons. The van der Waals surface area contributed by atoms with Crippen LogP contribution in [0.25, 0.3) is 16.8 Å². The molecule has 0 aliphatic rings. The summed E-state index contributed by atoms with van der Waals surface area (Å²) in [6.07, 6.45) is 3.12. The molecule has 0 spiro atoms. The Hall–Kier alpha value is -3.74. The summed E-state index contributed by atoms with van der Waals surface area (Å²) in [7, 11) is 0. The molecule has 134 valence electrons. The Labute approximate surface area is 154 Å². The van der Waals surface area contributed by atoms with Crippen molar-refractivity contribution in [2.75, 3.05) is 5.32 Å². The minimum Gasteiger partial charge on any atom is -0.320 e. The van der Waals surface area contributed by atoms with Crippen molar-refractivity contribution >= 4 is 17.2 Å². The summed E-state index contributed by atoms with van der Waals surface area (Å²) in [6.45, 7) is 3.54. The van der Waals surface area contributed by atoms with Gasteiger partial charge in [-0.1, -0.05) is 30.3 Å². The van der Waals surface area contributed by atoms with Crippen LogP contribution in [0, 0.1) is 13.8 Å². The lowest BCUT2D eigenvalue weighted by Gasteiger charge is -2.07. The maximum Gasteiger partial charge on any atom is 0.285 e. The lowest BCUT2D eigenvalue weighted by Crippen LogP contribution is -2.29. The van der Waals surface area contributed by atoms with Crippen LogP contribution in [0.2, 0.25) is 0 Å². The van der Waals surface area contributed by atoms with Crippen molar-refractivity contribution in [3.8, 4) is 11.1 Å². The number of carbonyl (C=O) groups is 1. The summed E-state index contributed by atoms with van der Waals surface area (Å²) in [6, 6.07) is 13.1. The fraction of sp³-hybridized carbons (Fsp3) is 0.100. The van der Waals surface area contributed by atoms with Gasteiger partial charge in [0.25, 0.3) is 11.5 Å². The molecule has 0 atom stereocenters. The van der Waals surface area contributed by atoms with Crippen molar-refractivity contribution in [3.63, 3.8) is 0 Å². The predicted octanol–water partition coefficient (Wildman–Crippen LogP) is 2.95. The first kappa shape index (κ1) is 16.7. The molecule has 7 heteroatoms. The minimum atomic E-state index is -0.513. The molecule has 4 rings (SSSR count). The van der Waals surface area contributed by atoms with Crippen LogP contribution >= 0.6 is 0 Å². The molecule has 0 unspecified atom stereocenters. The zero-order chi connectivity index (χ0) is 19.0. The standard InChI is InChI=1S/C20H17N5O2/c1-12-17(19(26)23-15-9-6-10-21-11-15)20(27)25-18(22-12)16(13(2)24-25)14-7-4-3-5-8-14/h3-11,24H,1-2H3,(H,23,26). The number of aromatic amines is 1. The summed E-state index contributed by atoms with van der Waals surface area (Å²) in [5.74, 6) is -0.513. The maximum atomic E-state index is 13.0. The van der Waals surface area contributed by atoms with Crippen LogP contribution in [0.3, 0.4) is 0 Å². The van der Waals surface area contributed by atoms with E-state index in [0.717, 1.165) is 16.8 Å². The normalized spacial score (nSPS) is 10.9. The van der Waals surface area contributed by atoms with E-state index in [1.165, 1.54) is 10.7 Å². The number of nitrogens with one attached hydrogen (secondary N) is 2. The highest BCUT2D eigenvalue weighted by molar-refractivity contribution is 6.04. The number of pyridine rings is 1. The van der Waals surface area contributed by atoms with Crippen molar-refractivity contribution < 1.29 is 4.79 Å². The molecular formula is C20H17N5O2.